The van der Waals surface area contributed by atoms with Crippen LogP contribution in [0.4, 0.5) is 0 Å². The Hall–Kier alpha value is -1.25. The summed E-state index contributed by atoms with van der Waals surface area (Å²) in [6.45, 7) is 14.0. The van der Waals surface area contributed by atoms with E-state index in [0.717, 1.165) is 0 Å². The molecule has 0 unspecified atom stereocenters. The van der Waals surface area contributed by atoms with Crippen LogP contribution in [0.25, 0.3) is 0 Å². The molecular weight excluding hydrogens is 400 g/mol. The van der Waals surface area contributed by atoms with E-state index >= 15 is 0 Å². The van der Waals surface area contributed by atoms with Gasteiger partial charge in [-0.25, -0.2) is 0 Å². The Morgan fingerprint density at radius 1 is 1.24 bits per heavy atom. The molecule has 0 N–H and O–H groups in total. The zero-order chi connectivity index (χ0) is 19.0. The number of hydrogen-bond acceptors (Lipinski definition) is 4. The van der Waals surface area contributed by atoms with Crippen molar-refractivity contribution in [2.24, 2.45) is 7.05 Å². The van der Waals surface area contributed by atoms with E-state index in [9.17, 15) is 4.79 Å². The predicted molar refractivity (Wildman–Crippen MR) is 104 cm³/mol. The van der Waals surface area contributed by atoms with Gasteiger partial charge in [-0.1, -0.05) is 20.8 Å². The Morgan fingerprint density at radius 2 is 1.88 bits per heavy atom. The maximum absolute atomic E-state index is 13.0. The van der Waals surface area contributed by atoms with Gasteiger partial charge in [0.2, 0.25) is 5.78 Å². The maximum Gasteiger partial charge on any atom is 0.200 e. The molecule has 0 saturated heterocycles. The highest BCUT2D eigenvalue weighted by Gasteiger charge is 2.37. The van der Waals surface area contributed by atoms with E-state index in [2.05, 4.69) is 60.0 Å². The van der Waals surface area contributed by atoms with Crippen LogP contribution in [0.15, 0.2) is 17.0 Å². The van der Waals surface area contributed by atoms with Crippen molar-refractivity contribution in [1.29, 1.82) is 0 Å². The molecule has 0 aliphatic carbocycles. The molecule has 0 fully saturated rings. The van der Waals surface area contributed by atoms with E-state index in [1.165, 1.54) is 0 Å². The molecule has 0 aliphatic rings. The third kappa shape index (κ3) is 4.29. The van der Waals surface area contributed by atoms with Crippen LogP contribution < -0.4 is 0 Å². The standard InChI is InChI=1S/C17H27BrN4O2Si/c1-8-22-10-12(15(23)13-9-21(5)20-16(13)18)14(19-22)11-24-25(6,7)17(2,3)4/h9-10H,8,11H2,1-7H3. The number of aryl methyl sites for hydroxylation is 2. The number of ketones is 1. The number of carbonyl (C=O) groups excluding carboxylic acids is 1. The van der Waals surface area contributed by atoms with Crippen LogP contribution in [0.3, 0.4) is 0 Å². The van der Waals surface area contributed by atoms with Gasteiger partial charge in [-0.3, -0.25) is 14.2 Å². The molecule has 0 atom stereocenters. The van der Waals surface area contributed by atoms with Crippen molar-refractivity contribution in [1.82, 2.24) is 19.6 Å². The number of hydrogen-bond donors (Lipinski definition) is 0. The van der Waals surface area contributed by atoms with E-state index < -0.39 is 8.32 Å². The third-order valence-electron chi connectivity index (χ3n) is 4.81. The molecule has 8 heteroatoms. The monoisotopic (exact) mass is 426 g/mol. The average molecular weight is 427 g/mol. The molecule has 0 bridgehead atoms. The summed E-state index contributed by atoms with van der Waals surface area (Å²) in [6.07, 6.45) is 3.51. The van der Waals surface area contributed by atoms with Crippen LogP contribution in [-0.2, 0) is 24.6 Å². The first-order valence-electron chi connectivity index (χ1n) is 8.40. The second-order valence-electron chi connectivity index (χ2n) is 7.73. The molecule has 0 radical (unpaired) electrons. The van der Waals surface area contributed by atoms with Gasteiger partial charge in [0.1, 0.15) is 4.60 Å². The third-order valence-corrected chi connectivity index (χ3v) is 9.88. The lowest BCUT2D eigenvalue weighted by Crippen LogP contribution is -2.40. The van der Waals surface area contributed by atoms with E-state index in [4.69, 9.17) is 4.43 Å². The minimum atomic E-state index is -1.92. The summed E-state index contributed by atoms with van der Waals surface area (Å²) in [5.41, 5.74) is 1.80. The van der Waals surface area contributed by atoms with Crippen LogP contribution >= 0.6 is 15.9 Å². The van der Waals surface area contributed by atoms with Crippen molar-refractivity contribution in [3.05, 3.63) is 33.8 Å². The van der Waals surface area contributed by atoms with Crippen molar-refractivity contribution >= 4 is 30.0 Å². The Morgan fingerprint density at radius 3 is 2.36 bits per heavy atom. The number of halogens is 1. The summed E-state index contributed by atoms with van der Waals surface area (Å²) in [5, 5.41) is 8.85. The van der Waals surface area contributed by atoms with Crippen LogP contribution in [0.5, 0.6) is 0 Å². The highest BCUT2D eigenvalue weighted by atomic mass is 79.9. The molecular formula is C17H27BrN4O2Si. The largest absolute Gasteiger partial charge is 0.411 e. The summed E-state index contributed by atoms with van der Waals surface area (Å²) < 4.78 is 10.2. The van der Waals surface area contributed by atoms with Gasteiger partial charge in [0.05, 0.1) is 23.4 Å². The fraction of sp³-hybridized carbons (Fsp3) is 0.588. The molecule has 25 heavy (non-hydrogen) atoms. The van der Waals surface area contributed by atoms with Gasteiger partial charge in [-0.2, -0.15) is 10.2 Å². The van der Waals surface area contributed by atoms with Gasteiger partial charge in [-0.15, -0.1) is 0 Å². The Kier molecular flexibility index (Phi) is 5.75. The fourth-order valence-corrected chi connectivity index (χ4v) is 3.61. The lowest BCUT2D eigenvalue weighted by molar-refractivity contribution is 0.103. The zero-order valence-corrected chi connectivity index (χ0v) is 18.6. The normalized spacial score (nSPS) is 12.6. The topological polar surface area (TPSA) is 61.9 Å². The van der Waals surface area contributed by atoms with Crippen molar-refractivity contribution in [2.75, 3.05) is 0 Å². The number of carbonyl (C=O) groups is 1. The predicted octanol–water partition coefficient (Wildman–Crippen LogP) is 4.15. The fourth-order valence-electron chi connectivity index (χ4n) is 2.14. The van der Waals surface area contributed by atoms with E-state index in [1.807, 2.05) is 6.92 Å². The van der Waals surface area contributed by atoms with Gasteiger partial charge in [0, 0.05) is 26.0 Å². The van der Waals surface area contributed by atoms with Crippen LogP contribution in [0.1, 0.15) is 49.3 Å². The summed E-state index contributed by atoms with van der Waals surface area (Å²) in [7, 11) is -0.129. The van der Waals surface area contributed by atoms with Crippen molar-refractivity contribution < 1.29 is 9.22 Å². The molecule has 6 nitrogen and oxygen atoms in total. The molecule has 0 aliphatic heterocycles. The van der Waals surface area contributed by atoms with Crippen molar-refractivity contribution in [3.63, 3.8) is 0 Å². The molecule has 138 valence electrons. The second-order valence-corrected chi connectivity index (χ2v) is 13.3. The number of nitrogens with zero attached hydrogens (tertiary/aromatic N) is 4. The van der Waals surface area contributed by atoms with Gasteiger partial charge in [0.15, 0.2) is 8.32 Å². The van der Waals surface area contributed by atoms with E-state index in [0.29, 0.717) is 34.6 Å². The Bertz CT molecular complexity index is 774. The quantitative estimate of drug-likeness (QED) is 0.513. The zero-order valence-electron chi connectivity index (χ0n) is 16.1. The van der Waals surface area contributed by atoms with E-state index in [-0.39, 0.29) is 10.8 Å². The van der Waals surface area contributed by atoms with Gasteiger partial charge >= 0.3 is 0 Å². The minimum absolute atomic E-state index is 0.0893. The van der Waals surface area contributed by atoms with Crippen LogP contribution in [-0.4, -0.2) is 33.7 Å². The molecule has 0 saturated carbocycles. The first kappa shape index (κ1) is 20.1. The maximum atomic E-state index is 13.0. The minimum Gasteiger partial charge on any atom is -0.411 e. The molecule has 2 aromatic heterocycles. The molecule has 0 spiro atoms. The molecule has 2 rings (SSSR count). The molecule has 2 heterocycles. The highest BCUT2D eigenvalue weighted by molar-refractivity contribution is 9.10. The van der Waals surface area contributed by atoms with Crippen LogP contribution in [0, 0.1) is 0 Å². The summed E-state index contributed by atoms with van der Waals surface area (Å²) in [5.74, 6) is -0.0893. The first-order valence-corrected chi connectivity index (χ1v) is 12.1. The lowest BCUT2D eigenvalue weighted by Gasteiger charge is -2.35. The lowest BCUT2D eigenvalue weighted by atomic mass is 10.1. The van der Waals surface area contributed by atoms with Crippen molar-refractivity contribution in [2.45, 2.75) is 59.0 Å². The smallest absolute Gasteiger partial charge is 0.200 e. The Balaban J connectivity index is 2.32. The summed E-state index contributed by atoms with van der Waals surface area (Å²) >= 11 is 3.36. The van der Waals surface area contributed by atoms with Gasteiger partial charge in [0.25, 0.3) is 0 Å². The highest BCUT2D eigenvalue weighted by Crippen LogP contribution is 2.37. The second kappa shape index (κ2) is 7.17. The van der Waals surface area contributed by atoms with Crippen LogP contribution in [0.2, 0.25) is 18.1 Å². The summed E-state index contributed by atoms with van der Waals surface area (Å²) in [6, 6.07) is 0. The SMILES string of the molecule is CCn1cc(C(=O)c2cn(C)nc2Br)c(CO[Si](C)(C)C(C)(C)C)n1. The molecule has 2 aromatic rings. The number of rotatable bonds is 6. The summed E-state index contributed by atoms with van der Waals surface area (Å²) in [4.78, 5) is 13.0. The van der Waals surface area contributed by atoms with Gasteiger partial charge < -0.3 is 4.43 Å². The van der Waals surface area contributed by atoms with E-state index in [1.54, 1.807) is 28.8 Å². The van der Waals surface area contributed by atoms with Gasteiger partial charge in [-0.05, 0) is 41.0 Å². The first-order chi connectivity index (χ1) is 11.5. The molecule has 0 aromatic carbocycles. The Labute approximate surface area is 158 Å². The van der Waals surface area contributed by atoms with Crippen molar-refractivity contribution in [3.8, 4) is 0 Å². The average Bonchev–Trinajstić information content (AvgIpc) is 3.06. The molecule has 0 amide bonds. The number of aromatic nitrogens is 4.